The van der Waals surface area contributed by atoms with E-state index in [4.69, 9.17) is 4.74 Å². The molecule has 0 unspecified atom stereocenters. The Bertz CT molecular complexity index is 419. The SMILES string of the molecule is CC(C)NC(=O)Nc1ccc(OC(C)C)cc1F. The number of anilines is 1. The Morgan fingerprint density at radius 3 is 2.44 bits per heavy atom. The Hall–Kier alpha value is -1.78. The number of carbonyl (C=O) groups is 1. The van der Waals surface area contributed by atoms with Gasteiger partial charge in [-0.3, -0.25) is 0 Å². The summed E-state index contributed by atoms with van der Waals surface area (Å²) in [6, 6.07) is 3.92. The summed E-state index contributed by atoms with van der Waals surface area (Å²) in [6.45, 7) is 7.38. The van der Waals surface area contributed by atoms with Gasteiger partial charge in [0.15, 0.2) is 0 Å². The third-order valence-corrected chi connectivity index (χ3v) is 1.98. The minimum atomic E-state index is -0.521. The maximum absolute atomic E-state index is 13.7. The largest absolute Gasteiger partial charge is 0.491 e. The quantitative estimate of drug-likeness (QED) is 0.867. The molecule has 5 heteroatoms. The molecular formula is C13H19FN2O2. The molecule has 0 heterocycles. The topological polar surface area (TPSA) is 50.4 Å². The number of rotatable bonds is 4. The summed E-state index contributed by atoms with van der Waals surface area (Å²) in [5, 5.41) is 5.06. The van der Waals surface area contributed by atoms with Crippen LogP contribution in [0, 0.1) is 5.82 Å². The second kappa shape index (κ2) is 6.23. The van der Waals surface area contributed by atoms with Crippen LogP contribution in [0.25, 0.3) is 0 Å². The average Bonchev–Trinajstić information content (AvgIpc) is 2.20. The molecule has 1 aromatic carbocycles. The van der Waals surface area contributed by atoms with Crippen LogP contribution in [0.5, 0.6) is 5.75 Å². The van der Waals surface area contributed by atoms with Gasteiger partial charge in [0.05, 0.1) is 11.8 Å². The van der Waals surface area contributed by atoms with E-state index in [-0.39, 0.29) is 17.8 Å². The molecule has 18 heavy (non-hydrogen) atoms. The van der Waals surface area contributed by atoms with Gasteiger partial charge in [0.2, 0.25) is 0 Å². The maximum atomic E-state index is 13.7. The number of hydrogen-bond acceptors (Lipinski definition) is 2. The van der Waals surface area contributed by atoms with E-state index >= 15 is 0 Å². The van der Waals surface area contributed by atoms with E-state index in [1.54, 1.807) is 6.07 Å². The molecule has 2 N–H and O–H groups in total. The Labute approximate surface area is 107 Å². The van der Waals surface area contributed by atoms with Crippen molar-refractivity contribution in [2.24, 2.45) is 0 Å². The van der Waals surface area contributed by atoms with Crippen molar-refractivity contribution in [3.8, 4) is 5.75 Å². The highest BCUT2D eigenvalue weighted by Crippen LogP contribution is 2.21. The fourth-order valence-corrected chi connectivity index (χ4v) is 1.36. The van der Waals surface area contributed by atoms with Gasteiger partial charge in [-0.15, -0.1) is 0 Å². The molecule has 0 aliphatic rings. The normalized spacial score (nSPS) is 10.6. The number of benzene rings is 1. The first-order valence-corrected chi connectivity index (χ1v) is 5.92. The smallest absolute Gasteiger partial charge is 0.319 e. The Morgan fingerprint density at radius 1 is 1.28 bits per heavy atom. The summed E-state index contributed by atoms with van der Waals surface area (Å²) in [7, 11) is 0. The molecule has 0 aliphatic carbocycles. The summed E-state index contributed by atoms with van der Waals surface area (Å²) >= 11 is 0. The van der Waals surface area contributed by atoms with Crippen molar-refractivity contribution < 1.29 is 13.9 Å². The predicted octanol–water partition coefficient (Wildman–Crippen LogP) is 3.14. The summed E-state index contributed by atoms with van der Waals surface area (Å²) in [4.78, 5) is 11.4. The minimum absolute atomic E-state index is 0.00314. The zero-order valence-electron chi connectivity index (χ0n) is 11.1. The van der Waals surface area contributed by atoms with Gasteiger partial charge in [-0.05, 0) is 39.8 Å². The first kappa shape index (κ1) is 14.3. The highest BCUT2D eigenvalue weighted by atomic mass is 19.1. The van der Waals surface area contributed by atoms with Crippen LogP contribution in [-0.2, 0) is 0 Å². The molecule has 0 aromatic heterocycles. The Balaban J connectivity index is 2.70. The first-order chi connectivity index (χ1) is 8.38. The van der Waals surface area contributed by atoms with Crippen LogP contribution >= 0.6 is 0 Å². The van der Waals surface area contributed by atoms with Crippen LogP contribution in [0.15, 0.2) is 18.2 Å². The van der Waals surface area contributed by atoms with E-state index in [9.17, 15) is 9.18 Å². The molecular weight excluding hydrogens is 235 g/mol. The van der Waals surface area contributed by atoms with Crippen LogP contribution in [0.3, 0.4) is 0 Å². The molecule has 1 rings (SSSR count). The lowest BCUT2D eigenvalue weighted by molar-refractivity contribution is 0.241. The summed E-state index contributed by atoms with van der Waals surface area (Å²) < 4.78 is 19.0. The van der Waals surface area contributed by atoms with E-state index in [0.29, 0.717) is 5.75 Å². The van der Waals surface area contributed by atoms with Gasteiger partial charge in [-0.2, -0.15) is 0 Å². The van der Waals surface area contributed by atoms with Crippen molar-refractivity contribution in [3.63, 3.8) is 0 Å². The average molecular weight is 254 g/mol. The van der Waals surface area contributed by atoms with Gasteiger partial charge in [0.1, 0.15) is 11.6 Å². The Kier molecular flexibility index (Phi) is 4.95. The second-order valence-electron chi connectivity index (χ2n) is 4.56. The van der Waals surface area contributed by atoms with Crippen LogP contribution in [0.1, 0.15) is 27.7 Å². The van der Waals surface area contributed by atoms with Crippen LogP contribution in [0.2, 0.25) is 0 Å². The lowest BCUT2D eigenvalue weighted by atomic mass is 10.3. The molecule has 0 saturated carbocycles. The van der Waals surface area contributed by atoms with Gasteiger partial charge in [0.25, 0.3) is 0 Å². The third-order valence-electron chi connectivity index (χ3n) is 1.98. The van der Waals surface area contributed by atoms with Crippen molar-refractivity contribution in [2.45, 2.75) is 39.8 Å². The van der Waals surface area contributed by atoms with E-state index in [1.165, 1.54) is 12.1 Å². The molecule has 0 radical (unpaired) electrons. The van der Waals surface area contributed by atoms with E-state index < -0.39 is 11.8 Å². The van der Waals surface area contributed by atoms with Gasteiger partial charge >= 0.3 is 6.03 Å². The molecule has 0 bridgehead atoms. The van der Waals surface area contributed by atoms with E-state index in [2.05, 4.69) is 10.6 Å². The number of carbonyl (C=O) groups excluding carboxylic acids is 1. The molecule has 1 aromatic rings. The van der Waals surface area contributed by atoms with Crippen LogP contribution in [-0.4, -0.2) is 18.2 Å². The van der Waals surface area contributed by atoms with Gasteiger partial charge in [-0.25, -0.2) is 9.18 Å². The summed E-state index contributed by atoms with van der Waals surface area (Å²) in [5.41, 5.74) is 0.129. The lowest BCUT2D eigenvalue weighted by Gasteiger charge is -2.13. The summed E-state index contributed by atoms with van der Waals surface area (Å²) in [5.74, 6) is -0.0793. The zero-order chi connectivity index (χ0) is 13.7. The van der Waals surface area contributed by atoms with Gasteiger partial charge in [-0.1, -0.05) is 0 Å². The second-order valence-corrected chi connectivity index (χ2v) is 4.56. The van der Waals surface area contributed by atoms with Crippen LogP contribution < -0.4 is 15.4 Å². The highest BCUT2D eigenvalue weighted by Gasteiger charge is 2.09. The predicted molar refractivity (Wildman–Crippen MR) is 69.5 cm³/mol. The van der Waals surface area contributed by atoms with Gasteiger partial charge < -0.3 is 15.4 Å². The minimum Gasteiger partial charge on any atom is -0.491 e. The molecule has 4 nitrogen and oxygen atoms in total. The van der Waals surface area contributed by atoms with Crippen molar-refractivity contribution in [1.29, 1.82) is 0 Å². The molecule has 2 amide bonds. The number of nitrogens with one attached hydrogen (secondary N) is 2. The van der Waals surface area contributed by atoms with E-state index in [1.807, 2.05) is 27.7 Å². The molecule has 100 valence electrons. The number of hydrogen-bond donors (Lipinski definition) is 2. The third kappa shape index (κ3) is 4.61. The number of amides is 2. The van der Waals surface area contributed by atoms with E-state index in [0.717, 1.165) is 0 Å². The van der Waals surface area contributed by atoms with Gasteiger partial charge in [0, 0.05) is 12.1 Å². The zero-order valence-corrected chi connectivity index (χ0v) is 11.1. The van der Waals surface area contributed by atoms with Crippen LogP contribution in [0.4, 0.5) is 14.9 Å². The summed E-state index contributed by atoms with van der Waals surface area (Å²) in [6.07, 6.45) is -0.0209. The molecule has 0 aliphatic heterocycles. The standard InChI is InChI=1S/C13H19FN2O2/c1-8(2)15-13(17)16-12-6-5-10(7-11(12)14)18-9(3)4/h5-9H,1-4H3,(H2,15,16,17). The molecule has 0 saturated heterocycles. The maximum Gasteiger partial charge on any atom is 0.319 e. The molecule has 0 spiro atoms. The van der Waals surface area contributed by atoms with Crippen molar-refractivity contribution in [1.82, 2.24) is 5.32 Å². The highest BCUT2D eigenvalue weighted by molar-refractivity contribution is 5.89. The lowest BCUT2D eigenvalue weighted by Crippen LogP contribution is -2.34. The number of halogens is 1. The molecule has 0 atom stereocenters. The fraction of sp³-hybridized carbons (Fsp3) is 0.462. The first-order valence-electron chi connectivity index (χ1n) is 5.92. The fourth-order valence-electron chi connectivity index (χ4n) is 1.36. The molecule has 0 fully saturated rings. The Morgan fingerprint density at radius 2 is 1.94 bits per heavy atom. The number of ether oxygens (including phenoxy) is 1. The van der Waals surface area contributed by atoms with Crippen molar-refractivity contribution in [3.05, 3.63) is 24.0 Å². The monoisotopic (exact) mass is 254 g/mol. The number of urea groups is 1. The van der Waals surface area contributed by atoms with Crippen molar-refractivity contribution >= 4 is 11.7 Å². The van der Waals surface area contributed by atoms with Crippen molar-refractivity contribution in [2.75, 3.05) is 5.32 Å².